The zero-order valence-corrected chi connectivity index (χ0v) is 11.8. The average molecular weight is 302 g/mol. The summed E-state index contributed by atoms with van der Waals surface area (Å²) >= 11 is 1.27. The molecule has 3 aromatic rings. The number of halogens is 2. The fourth-order valence-corrected chi connectivity index (χ4v) is 2.94. The predicted octanol–water partition coefficient (Wildman–Crippen LogP) is 4.39. The van der Waals surface area contributed by atoms with Crippen LogP contribution in [0.25, 0.3) is 10.9 Å². The topological polar surface area (TPSA) is 38.9 Å². The highest BCUT2D eigenvalue weighted by Gasteiger charge is 2.08. The van der Waals surface area contributed by atoms with Crippen molar-refractivity contribution < 1.29 is 8.78 Å². The van der Waals surface area contributed by atoms with Crippen molar-refractivity contribution >= 4 is 28.5 Å². The number of fused-ring (bicyclic) bond motifs is 1. The number of hydrogen-bond acceptors (Lipinski definition) is 3. The number of rotatable bonds is 3. The molecule has 0 aliphatic carbocycles. The first-order valence-electron chi connectivity index (χ1n) is 6.35. The lowest BCUT2D eigenvalue weighted by molar-refractivity contribution is 0.565. The summed E-state index contributed by atoms with van der Waals surface area (Å²) in [6, 6.07) is 13.2. The van der Waals surface area contributed by atoms with Crippen molar-refractivity contribution in [3.63, 3.8) is 0 Å². The van der Waals surface area contributed by atoms with Gasteiger partial charge in [-0.15, -0.1) is 11.8 Å². The van der Waals surface area contributed by atoms with E-state index < -0.39 is 11.6 Å². The zero-order chi connectivity index (χ0) is 14.8. The number of pyridine rings is 1. The largest absolute Gasteiger partial charge is 0.383 e. The van der Waals surface area contributed by atoms with Crippen molar-refractivity contribution in [1.82, 2.24) is 4.98 Å². The normalized spacial score (nSPS) is 11.0. The summed E-state index contributed by atoms with van der Waals surface area (Å²) in [5, 5.41) is 0.988. The van der Waals surface area contributed by atoms with Crippen LogP contribution in [0.15, 0.2) is 53.4 Å². The van der Waals surface area contributed by atoms with Crippen molar-refractivity contribution in [2.75, 3.05) is 5.73 Å². The van der Waals surface area contributed by atoms with Crippen LogP contribution >= 0.6 is 11.8 Å². The van der Waals surface area contributed by atoms with Gasteiger partial charge in [-0.05, 0) is 24.3 Å². The van der Waals surface area contributed by atoms with Crippen LogP contribution in [0.2, 0.25) is 0 Å². The number of thioether (sulfide) groups is 1. The molecule has 1 heterocycles. The summed E-state index contributed by atoms with van der Waals surface area (Å²) in [6.07, 6.45) is 0. The predicted molar refractivity (Wildman–Crippen MR) is 82.1 cm³/mol. The fourth-order valence-electron chi connectivity index (χ4n) is 2.04. The number of aromatic nitrogens is 1. The van der Waals surface area contributed by atoms with Gasteiger partial charge in [-0.25, -0.2) is 13.8 Å². The monoisotopic (exact) mass is 302 g/mol. The third kappa shape index (κ3) is 2.97. The minimum Gasteiger partial charge on any atom is -0.383 e. The Bertz CT molecular complexity index is 805. The molecule has 1 aromatic heterocycles. The highest BCUT2D eigenvalue weighted by atomic mass is 32.2. The molecule has 0 atom stereocenters. The van der Waals surface area contributed by atoms with Gasteiger partial charge in [0, 0.05) is 27.7 Å². The summed E-state index contributed by atoms with van der Waals surface area (Å²) in [5.74, 6) is -0.230. The van der Waals surface area contributed by atoms with Gasteiger partial charge in [-0.2, -0.15) is 0 Å². The van der Waals surface area contributed by atoms with E-state index in [0.29, 0.717) is 16.5 Å². The van der Waals surface area contributed by atoms with Crippen LogP contribution in [0.4, 0.5) is 14.6 Å². The third-order valence-corrected chi connectivity index (χ3v) is 4.21. The first-order chi connectivity index (χ1) is 10.1. The molecular formula is C16H12F2N2S. The van der Waals surface area contributed by atoms with Crippen molar-refractivity contribution in [3.05, 3.63) is 65.7 Å². The van der Waals surface area contributed by atoms with Gasteiger partial charge in [-0.1, -0.05) is 18.2 Å². The molecule has 0 radical (unpaired) electrons. The molecule has 5 heteroatoms. The molecule has 0 amide bonds. The smallest absolute Gasteiger partial charge is 0.139 e. The quantitative estimate of drug-likeness (QED) is 0.729. The maximum atomic E-state index is 13.6. The van der Waals surface area contributed by atoms with Crippen LogP contribution in [0.1, 0.15) is 5.56 Å². The Morgan fingerprint density at radius 3 is 2.67 bits per heavy atom. The zero-order valence-electron chi connectivity index (χ0n) is 11.0. The Hall–Kier alpha value is -2.14. The molecule has 0 saturated heterocycles. The van der Waals surface area contributed by atoms with Gasteiger partial charge < -0.3 is 5.73 Å². The second kappa shape index (κ2) is 5.69. The molecule has 0 fully saturated rings. The Labute approximate surface area is 125 Å². The lowest BCUT2D eigenvalue weighted by Gasteiger charge is -2.08. The summed E-state index contributed by atoms with van der Waals surface area (Å²) in [7, 11) is 0. The highest BCUT2D eigenvalue weighted by Crippen LogP contribution is 2.29. The number of nitrogens with zero attached hydrogens (tertiary/aromatic N) is 1. The number of anilines is 1. The summed E-state index contributed by atoms with van der Waals surface area (Å²) in [4.78, 5) is 4.73. The van der Waals surface area contributed by atoms with Crippen LogP contribution in [-0.2, 0) is 5.75 Å². The molecular weight excluding hydrogens is 290 g/mol. The SMILES string of the molecule is Nc1nc2ccccc2cc1CSc1ccc(F)cc1F. The maximum absolute atomic E-state index is 13.6. The maximum Gasteiger partial charge on any atom is 0.139 e. The van der Waals surface area contributed by atoms with Crippen molar-refractivity contribution in [2.24, 2.45) is 0 Å². The molecule has 21 heavy (non-hydrogen) atoms. The molecule has 0 saturated carbocycles. The van der Waals surface area contributed by atoms with E-state index in [4.69, 9.17) is 5.73 Å². The standard InChI is InChI=1S/C16H12F2N2S/c17-12-5-6-15(13(18)8-12)21-9-11-7-10-3-1-2-4-14(10)20-16(11)19/h1-8H,9H2,(H2,19,20). The number of nitrogens with two attached hydrogens (primary N) is 1. The van der Waals surface area contributed by atoms with Crippen LogP contribution in [0, 0.1) is 11.6 Å². The van der Waals surface area contributed by atoms with Crippen LogP contribution < -0.4 is 5.73 Å². The fraction of sp³-hybridized carbons (Fsp3) is 0.0625. The average Bonchev–Trinajstić information content (AvgIpc) is 2.46. The Balaban J connectivity index is 1.86. The van der Waals surface area contributed by atoms with E-state index in [1.165, 1.54) is 23.9 Å². The molecule has 2 N–H and O–H groups in total. The number of para-hydroxylation sites is 1. The van der Waals surface area contributed by atoms with Gasteiger partial charge in [0.15, 0.2) is 0 Å². The van der Waals surface area contributed by atoms with E-state index in [0.717, 1.165) is 22.5 Å². The van der Waals surface area contributed by atoms with E-state index in [-0.39, 0.29) is 0 Å². The molecule has 0 aliphatic heterocycles. The second-order valence-corrected chi connectivity index (χ2v) is 5.61. The van der Waals surface area contributed by atoms with Crippen LogP contribution in [0.5, 0.6) is 0 Å². The van der Waals surface area contributed by atoms with Crippen LogP contribution in [0.3, 0.4) is 0 Å². The van der Waals surface area contributed by atoms with E-state index in [9.17, 15) is 8.78 Å². The summed E-state index contributed by atoms with van der Waals surface area (Å²) < 4.78 is 26.5. The van der Waals surface area contributed by atoms with Gasteiger partial charge in [0.25, 0.3) is 0 Å². The molecule has 0 aliphatic rings. The van der Waals surface area contributed by atoms with Crippen molar-refractivity contribution in [2.45, 2.75) is 10.6 Å². The molecule has 106 valence electrons. The van der Waals surface area contributed by atoms with Gasteiger partial charge in [0.2, 0.25) is 0 Å². The van der Waals surface area contributed by atoms with Crippen LogP contribution in [-0.4, -0.2) is 4.98 Å². The molecule has 2 nitrogen and oxygen atoms in total. The van der Waals surface area contributed by atoms with Gasteiger partial charge in [0.05, 0.1) is 5.52 Å². The van der Waals surface area contributed by atoms with Gasteiger partial charge in [-0.3, -0.25) is 0 Å². The van der Waals surface area contributed by atoms with Gasteiger partial charge in [0.1, 0.15) is 17.5 Å². The third-order valence-electron chi connectivity index (χ3n) is 3.11. The molecule has 3 rings (SSSR count). The van der Waals surface area contributed by atoms with Crippen molar-refractivity contribution in [1.29, 1.82) is 0 Å². The van der Waals surface area contributed by atoms with E-state index in [2.05, 4.69) is 4.98 Å². The minimum atomic E-state index is -0.580. The molecule has 0 spiro atoms. The minimum absolute atomic E-state index is 0.393. The highest BCUT2D eigenvalue weighted by molar-refractivity contribution is 7.98. The van der Waals surface area contributed by atoms with E-state index in [1.54, 1.807) is 0 Å². The molecule has 0 bridgehead atoms. The lowest BCUT2D eigenvalue weighted by Crippen LogP contribution is -1.97. The molecule has 2 aromatic carbocycles. The first-order valence-corrected chi connectivity index (χ1v) is 7.34. The van der Waals surface area contributed by atoms with E-state index >= 15 is 0 Å². The first kappa shape index (κ1) is 13.8. The second-order valence-electron chi connectivity index (χ2n) is 4.59. The molecule has 0 unspecified atom stereocenters. The summed E-state index contributed by atoms with van der Waals surface area (Å²) in [6.45, 7) is 0. The Morgan fingerprint density at radius 2 is 1.86 bits per heavy atom. The Kier molecular flexibility index (Phi) is 3.75. The number of nitrogen functional groups attached to an aromatic ring is 1. The summed E-state index contributed by atoms with van der Waals surface area (Å²) in [5.41, 5.74) is 7.60. The van der Waals surface area contributed by atoms with Gasteiger partial charge >= 0.3 is 0 Å². The lowest BCUT2D eigenvalue weighted by atomic mass is 10.1. The van der Waals surface area contributed by atoms with Crippen molar-refractivity contribution in [3.8, 4) is 0 Å². The Morgan fingerprint density at radius 1 is 1.05 bits per heavy atom. The number of benzene rings is 2. The number of hydrogen-bond donors (Lipinski definition) is 1. The van der Waals surface area contributed by atoms with E-state index in [1.807, 2.05) is 30.3 Å².